The molecular weight excluding hydrogens is 296 g/mol. The fourth-order valence-electron chi connectivity index (χ4n) is 1.52. The molecule has 0 unspecified atom stereocenters. The van der Waals surface area contributed by atoms with E-state index < -0.39 is 19.5 Å². The maximum atomic E-state index is 11.9. The van der Waals surface area contributed by atoms with E-state index in [0.717, 1.165) is 0 Å². The van der Waals surface area contributed by atoms with Crippen molar-refractivity contribution >= 4 is 15.5 Å². The molecule has 1 rings (SSSR count). The van der Waals surface area contributed by atoms with Gasteiger partial charge in [0.1, 0.15) is 6.61 Å². The van der Waals surface area contributed by atoms with Gasteiger partial charge in [0, 0.05) is 12.6 Å². The molecular formula is C13H20N2O5S. The second-order valence-electron chi connectivity index (χ2n) is 5.54. The van der Waals surface area contributed by atoms with Crippen molar-refractivity contribution in [3.63, 3.8) is 0 Å². The summed E-state index contributed by atoms with van der Waals surface area (Å²) < 4.78 is 28.2. The molecule has 0 radical (unpaired) electrons. The van der Waals surface area contributed by atoms with Gasteiger partial charge in [-0.15, -0.1) is 0 Å². The summed E-state index contributed by atoms with van der Waals surface area (Å²) in [4.78, 5) is 10.4. The predicted molar refractivity (Wildman–Crippen MR) is 80.0 cm³/mol. The Bertz CT molecular complexity index is 620. The molecule has 21 heavy (non-hydrogen) atoms. The molecule has 1 aromatic rings. The number of nitrogens with zero attached hydrogens (tertiary/aromatic N) is 1. The van der Waals surface area contributed by atoms with Crippen LogP contribution in [0.3, 0.4) is 0 Å². The first-order chi connectivity index (χ1) is 9.58. The van der Waals surface area contributed by atoms with Gasteiger partial charge in [-0.2, -0.15) is 0 Å². The van der Waals surface area contributed by atoms with E-state index in [2.05, 4.69) is 0 Å². The van der Waals surface area contributed by atoms with Gasteiger partial charge in [0.15, 0.2) is 15.6 Å². The number of rotatable bonds is 6. The third kappa shape index (κ3) is 4.40. The van der Waals surface area contributed by atoms with Crippen molar-refractivity contribution in [3.8, 4) is 5.75 Å². The molecule has 0 aliphatic carbocycles. The van der Waals surface area contributed by atoms with Crippen LogP contribution >= 0.6 is 0 Å². The van der Waals surface area contributed by atoms with Gasteiger partial charge in [0.2, 0.25) is 0 Å². The van der Waals surface area contributed by atoms with E-state index in [1.165, 1.54) is 12.1 Å². The van der Waals surface area contributed by atoms with Gasteiger partial charge in [0.05, 0.1) is 15.4 Å². The molecule has 7 nitrogen and oxygen atoms in total. The van der Waals surface area contributed by atoms with Crippen molar-refractivity contribution in [2.75, 3.05) is 12.4 Å². The Morgan fingerprint density at radius 1 is 1.33 bits per heavy atom. The van der Waals surface area contributed by atoms with Crippen molar-refractivity contribution in [2.24, 2.45) is 5.73 Å². The summed E-state index contributed by atoms with van der Waals surface area (Å²) in [5.41, 5.74) is 5.82. The molecule has 1 aromatic carbocycles. The largest absolute Gasteiger partial charge is 0.486 e. The smallest absolute Gasteiger partial charge is 0.311 e. The summed E-state index contributed by atoms with van der Waals surface area (Å²) in [5.74, 6) is -0.159. The Labute approximate surface area is 124 Å². The lowest BCUT2D eigenvalue weighted by atomic mass is 10.2. The van der Waals surface area contributed by atoms with Crippen LogP contribution in [0.25, 0.3) is 0 Å². The zero-order valence-electron chi connectivity index (χ0n) is 12.3. The maximum absolute atomic E-state index is 11.9. The number of ether oxygens (including phenoxy) is 1. The van der Waals surface area contributed by atoms with Crippen LogP contribution in [-0.2, 0) is 16.4 Å². The first-order valence-electron chi connectivity index (χ1n) is 6.41. The average Bonchev–Trinajstić information content (AvgIpc) is 2.37. The Morgan fingerprint density at radius 2 is 1.95 bits per heavy atom. The topological polar surface area (TPSA) is 113 Å². The lowest BCUT2D eigenvalue weighted by Gasteiger charge is -2.19. The highest BCUT2D eigenvalue weighted by molar-refractivity contribution is 7.92. The van der Waals surface area contributed by atoms with Crippen molar-refractivity contribution in [1.82, 2.24) is 0 Å². The second-order valence-corrected chi connectivity index (χ2v) is 8.41. The Kier molecular flexibility index (Phi) is 5.30. The highest BCUT2D eigenvalue weighted by atomic mass is 32.2. The Hall–Kier alpha value is -1.67. The zero-order valence-corrected chi connectivity index (χ0v) is 13.1. The van der Waals surface area contributed by atoms with Gasteiger partial charge in [-0.1, -0.05) is 6.07 Å². The molecule has 0 saturated carbocycles. The summed E-state index contributed by atoms with van der Waals surface area (Å²) in [6, 6.07) is 4.37. The molecule has 0 aromatic heterocycles. The predicted octanol–water partition coefficient (Wildman–Crippen LogP) is 1.65. The molecule has 0 saturated heterocycles. The van der Waals surface area contributed by atoms with Crippen LogP contribution in [0.5, 0.6) is 5.75 Å². The lowest BCUT2D eigenvalue weighted by molar-refractivity contribution is -0.385. The summed E-state index contributed by atoms with van der Waals surface area (Å²) in [6.07, 6.45) is 0. The van der Waals surface area contributed by atoms with E-state index in [0.29, 0.717) is 5.56 Å². The molecule has 0 amide bonds. The molecule has 8 heteroatoms. The summed E-state index contributed by atoms with van der Waals surface area (Å²) >= 11 is 0. The van der Waals surface area contributed by atoms with E-state index in [1.54, 1.807) is 26.8 Å². The van der Waals surface area contributed by atoms with E-state index in [4.69, 9.17) is 10.5 Å². The van der Waals surface area contributed by atoms with Gasteiger partial charge >= 0.3 is 5.69 Å². The maximum Gasteiger partial charge on any atom is 0.311 e. The standard InChI is InChI=1S/C13H20N2O5S/c1-13(2,3)21(18,19)7-6-20-12-5-4-10(9-14)8-11(12)15(16)17/h4-5,8H,6-7,9,14H2,1-3H3. The normalized spacial score (nSPS) is 12.2. The monoisotopic (exact) mass is 316 g/mol. The van der Waals surface area contributed by atoms with Crippen LogP contribution < -0.4 is 10.5 Å². The summed E-state index contributed by atoms with van der Waals surface area (Å²) in [5, 5.41) is 11.0. The lowest BCUT2D eigenvalue weighted by Crippen LogP contribution is -2.32. The number of nitro benzene ring substituents is 1. The minimum absolute atomic E-state index is 0.0429. The minimum atomic E-state index is -3.33. The minimum Gasteiger partial charge on any atom is -0.486 e. The Morgan fingerprint density at radius 3 is 2.43 bits per heavy atom. The summed E-state index contributed by atoms with van der Waals surface area (Å²) in [6.45, 7) is 4.84. The van der Waals surface area contributed by atoms with Gasteiger partial charge in [-0.25, -0.2) is 8.42 Å². The van der Waals surface area contributed by atoms with Crippen molar-refractivity contribution in [3.05, 3.63) is 33.9 Å². The fourth-order valence-corrected chi connectivity index (χ4v) is 2.44. The number of nitro groups is 1. The van der Waals surface area contributed by atoms with Crippen LogP contribution in [0, 0.1) is 10.1 Å². The third-order valence-corrected chi connectivity index (χ3v) is 5.57. The molecule has 0 aliphatic rings. The molecule has 0 spiro atoms. The first-order valence-corrected chi connectivity index (χ1v) is 8.06. The van der Waals surface area contributed by atoms with Crippen LogP contribution in [-0.4, -0.2) is 30.4 Å². The highest BCUT2D eigenvalue weighted by Gasteiger charge is 2.29. The van der Waals surface area contributed by atoms with Gasteiger partial charge in [-0.05, 0) is 32.4 Å². The van der Waals surface area contributed by atoms with Gasteiger partial charge < -0.3 is 10.5 Å². The quantitative estimate of drug-likeness (QED) is 0.630. The second kappa shape index (κ2) is 6.40. The zero-order chi connectivity index (χ0) is 16.3. The van der Waals surface area contributed by atoms with E-state index >= 15 is 0 Å². The van der Waals surface area contributed by atoms with E-state index in [1.807, 2.05) is 0 Å². The van der Waals surface area contributed by atoms with Crippen molar-refractivity contribution in [2.45, 2.75) is 32.1 Å². The number of nitrogens with two attached hydrogens (primary N) is 1. The van der Waals surface area contributed by atoms with Crippen LogP contribution in [0.15, 0.2) is 18.2 Å². The molecule has 0 bridgehead atoms. The third-order valence-electron chi connectivity index (χ3n) is 3.00. The van der Waals surface area contributed by atoms with Crippen LogP contribution in [0.4, 0.5) is 5.69 Å². The molecule has 118 valence electrons. The number of benzene rings is 1. The van der Waals surface area contributed by atoms with Crippen molar-refractivity contribution in [1.29, 1.82) is 0 Å². The molecule has 0 fully saturated rings. The molecule has 0 heterocycles. The molecule has 2 N–H and O–H groups in total. The highest BCUT2D eigenvalue weighted by Crippen LogP contribution is 2.28. The van der Waals surface area contributed by atoms with Crippen molar-refractivity contribution < 1.29 is 18.1 Å². The van der Waals surface area contributed by atoms with Crippen LogP contribution in [0.2, 0.25) is 0 Å². The average molecular weight is 316 g/mol. The van der Waals surface area contributed by atoms with Crippen LogP contribution in [0.1, 0.15) is 26.3 Å². The Balaban J connectivity index is 2.84. The number of hydrogen-bond acceptors (Lipinski definition) is 6. The molecule has 0 aliphatic heterocycles. The SMILES string of the molecule is CC(C)(C)S(=O)(=O)CCOc1ccc(CN)cc1[N+](=O)[O-]. The van der Waals surface area contributed by atoms with Gasteiger partial charge in [0.25, 0.3) is 0 Å². The number of hydrogen-bond donors (Lipinski definition) is 1. The van der Waals surface area contributed by atoms with Gasteiger partial charge in [-0.3, -0.25) is 10.1 Å². The summed E-state index contributed by atoms with van der Waals surface area (Å²) in [7, 11) is -3.33. The van der Waals surface area contributed by atoms with E-state index in [-0.39, 0.29) is 30.3 Å². The fraction of sp³-hybridized carbons (Fsp3) is 0.538. The van der Waals surface area contributed by atoms with E-state index in [9.17, 15) is 18.5 Å². The number of sulfone groups is 1. The molecule has 0 atom stereocenters. The first kappa shape index (κ1) is 17.4.